The topological polar surface area (TPSA) is 76.0 Å². The minimum absolute atomic E-state index is 0.106. The van der Waals surface area contributed by atoms with Gasteiger partial charge in [0.1, 0.15) is 5.82 Å². The summed E-state index contributed by atoms with van der Waals surface area (Å²) in [6.07, 6.45) is 1.01. The van der Waals surface area contributed by atoms with Gasteiger partial charge >= 0.3 is 0 Å². The standard InChI is InChI=1S/C21H23FN4O2S/c1-14(2)11-12-26-18-6-4-3-5-17(18)23-21(26)29-13-19(27)24-25-20(28)15-7-9-16(22)10-8-15/h3-10,14H,11-13H2,1-2H3,(H,24,27)(H,25,28). The lowest BCUT2D eigenvalue weighted by molar-refractivity contribution is -0.119. The first-order valence-electron chi connectivity index (χ1n) is 9.37. The third-order valence-electron chi connectivity index (χ3n) is 4.30. The number of para-hydroxylation sites is 2. The van der Waals surface area contributed by atoms with Crippen LogP contribution in [0.2, 0.25) is 0 Å². The highest BCUT2D eigenvalue weighted by Gasteiger charge is 2.14. The predicted molar refractivity (Wildman–Crippen MR) is 112 cm³/mol. The highest BCUT2D eigenvalue weighted by atomic mass is 32.2. The van der Waals surface area contributed by atoms with Gasteiger partial charge in [-0.3, -0.25) is 20.4 Å². The molecular formula is C21H23FN4O2S. The quantitative estimate of drug-likeness (QED) is 0.456. The number of amides is 2. The number of carbonyl (C=O) groups excluding carboxylic acids is 2. The Hall–Kier alpha value is -2.87. The number of halogens is 1. The average molecular weight is 415 g/mol. The summed E-state index contributed by atoms with van der Waals surface area (Å²) in [4.78, 5) is 28.8. The number of hydrogen-bond donors (Lipinski definition) is 2. The number of nitrogens with one attached hydrogen (secondary N) is 2. The van der Waals surface area contributed by atoms with Crippen molar-refractivity contribution in [1.29, 1.82) is 0 Å². The Balaban J connectivity index is 1.59. The number of hydrogen-bond acceptors (Lipinski definition) is 4. The van der Waals surface area contributed by atoms with Crippen LogP contribution in [0.5, 0.6) is 0 Å². The van der Waals surface area contributed by atoms with E-state index in [1.54, 1.807) is 0 Å². The van der Waals surface area contributed by atoms with Crippen LogP contribution in [0.3, 0.4) is 0 Å². The third kappa shape index (κ3) is 5.57. The first-order valence-corrected chi connectivity index (χ1v) is 10.4. The second-order valence-corrected chi connectivity index (χ2v) is 7.96. The highest BCUT2D eigenvalue weighted by Crippen LogP contribution is 2.25. The number of nitrogens with zero attached hydrogens (tertiary/aromatic N) is 2. The van der Waals surface area contributed by atoms with Crippen molar-refractivity contribution in [3.8, 4) is 0 Å². The molecule has 0 saturated carbocycles. The Labute approximate surface area is 172 Å². The van der Waals surface area contributed by atoms with Gasteiger partial charge in [-0.1, -0.05) is 37.7 Å². The molecule has 0 spiro atoms. The van der Waals surface area contributed by atoms with Crippen LogP contribution in [0.4, 0.5) is 4.39 Å². The van der Waals surface area contributed by atoms with Crippen molar-refractivity contribution in [2.75, 3.05) is 5.75 Å². The molecule has 2 aromatic carbocycles. The van der Waals surface area contributed by atoms with Gasteiger partial charge in [-0.25, -0.2) is 9.37 Å². The number of aryl methyl sites for hydroxylation is 1. The van der Waals surface area contributed by atoms with Gasteiger partial charge in [0.2, 0.25) is 5.91 Å². The molecule has 2 amide bonds. The molecule has 3 aromatic rings. The first kappa shape index (κ1) is 20.9. The van der Waals surface area contributed by atoms with Crippen molar-refractivity contribution in [2.45, 2.75) is 32.0 Å². The molecule has 0 saturated heterocycles. The Bertz CT molecular complexity index is 1000. The van der Waals surface area contributed by atoms with Gasteiger partial charge in [0, 0.05) is 12.1 Å². The molecule has 29 heavy (non-hydrogen) atoms. The SMILES string of the molecule is CC(C)CCn1c(SCC(=O)NNC(=O)c2ccc(F)cc2)nc2ccccc21. The summed E-state index contributed by atoms with van der Waals surface area (Å²) in [5.74, 6) is -0.629. The average Bonchev–Trinajstić information content (AvgIpc) is 3.07. The Kier molecular flexibility index (Phi) is 6.87. The lowest BCUT2D eigenvalue weighted by atomic mass is 10.1. The minimum Gasteiger partial charge on any atom is -0.319 e. The van der Waals surface area contributed by atoms with E-state index in [4.69, 9.17) is 0 Å². The van der Waals surface area contributed by atoms with Gasteiger partial charge in [-0.15, -0.1) is 0 Å². The van der Waals surface area contributed by atoms with Gasteiger partial charge in [0.25, 0.3) is 5.91 Å². The number of imidazole rings is 1. The Morgan fingerprint density at radius 2 is 1.83 bits per heavy atom. The summed E-state index contributed by atoms with van der Waals surface area (Å²) in [5.41, 5.74) is 6.91. The molecule has 0 unspecified atom stereocenters. The number of aromatic nitrogens is 2. The van der Waals surface area contributed by atoms with Crippen molar-refractivity contribution in [3.05, 3.63) is 59.9 Å². The largest absolute Gasteiger partial charge is 0.319 e. The van der Waals surface area contributed by atoms with Gasteiger partial charge in [0.05, 0.1) is 16.8 Å². The molecule has 1 aromatic heterocycles. The van der Waals surface area contributed by atoms with Gasteiger partial charge in [0.15, 0.2) is 5.16 Å². The predicted octanol–water partition coefficient (Wildman–Crippen LogP) is 3.77. The van der Waals surface area contributed by atoms with Crippen LogP contribution in [0.15, 0.2) is 53.7 Å². The number of rotatable bonds is 7. The highest BCUT2D eigenvalue weighted by molar-refractivity contribution is 7.99. The van der Waals surface area contributed by atoms with E-state index >= 15 is 0 Å². The van der Waals surface area contributed by atoms with Crippen LogP contribution >= 0.6 is 11.8 Å². The van der Waals surface area contributed by atoms with Gasteiger partial charge in [-0.05, 0) is 48.7 Å². The van der Waals surface area contributed by atoms with Crippen molar-refractivity contribution in [1.82, 2.24) is 20.4 Å². The molecule has 8 heteroatoms. The molecule has 0 aliphatic heterocycles. The molecule has 6 nitrogen and oxygen atoms in total. The fourth-order valence-corrected chi connectivity index (χ4v) is 3.57. The van der Waals surface area contributed by atoms with Crippen molar-refractivity contribution in [3.63, 3.8) is 0 Å². The first-order chi connectivity index (χ1) is 13.9. The van der Waals surface area contributed by atoms with Gasteiger partial charge in [-0.2, -0.15) is 0 Å². The van der Waals surface area contributed by atoms with Crippen molar-refractivity contribution in [2.24, 2.45) is 5.92 Å². The molecule has 3 rings (SSSR count). The van der Waals surface area contributed by atoms with Crippen LogP contribution in [0, 0.1) is 11.7 Å². The number of carbonyl (C=O) groups is 2. The monoisotopic (exact) mass is 414 g/mol. The third-order valence-corrected chi connectivity index (χ3v) is 5.28. The maximum atomic E-state index is 12.9. The zero-order valence-electron chi connectivity index (χ0n) is 16.3. The zero-order chi connectivity index (χ0) is 20.8. The molecule has 0 atom stereocenters. The van der Waals surface area contributed by atoms with Crippen LogP contribution in [0.1, 0.15) is 30.6 Å². The second kappa shape index (κ2) is 9.56. The van der Waals surface area contributed by atoms with Crippen LogP contribution < -0.4 is 10.9 Å². The molecule has 152 valence electrons. The fraction of sp³-hybridized carbons (Fsp3) is 0.286. The molecule has 0 aliphatic rings. The molecule has 0 aliphatic carbocycles. The number of benzene rings is 2. The summed E-state index contributed by atoms with van der Waals surface area (Å²) in [6.45, 7) is 5.16. The normalized spacial score (nSPS) is 11.0. The number of hydrazine groups is 1. The van der Waals surface area contributed by atoms with E-state index in [1.807, 2.05) is 24.3 Å². The second-order valence-electron chi connectivity index (χ2n) is 7.02. The van der Waals surface area contributed by atoms with Crippen molar-refractivity contribution >= 4 is 34.6 Å². The number of thioether (sulfide) groups is 1. The molecule has 2 N–H and O–H groups in total. The lowest BCUT2D eigenvalue weighted by Crippen LogP contribution is -2.42. The lowest BCUT2D eigenvalue weighted by Gasteiger charge is -2.11. The minimum atomic E-state index is -0.507. The molecule has 0 fully saturated rings. The van der Waals surface area contributed by atoms with Gasteiger partial charge < -0.3 is 4.57 Å². The molecule has 0 bridgehead atoms. The summed E-state index contributed by atoms with van der Waals surface area (Å²) in [5, 5.41) is 0.770. The van der Waals surface area contributed by atoms with Crippen molar-refractivity contribution < 1.29 is 14.0 Å². The van der Waals surface area contributed by atoms with E-state index in [-0.39, 0.29) is 17.2 Å². The maximum Gasteiger partial charge on any atom is 0.269 e. The van der Waals surface area contributed by atoms with E-state index in [1.165, 1.54) is 36.0 Å². The van der Waals surface area contributed by atoms with Crippen LogP contribution in [0.25, 0.3) is 11.0 Å². The van der Waals surface area contributed by atoms with E-state index in [9.17, 15) is 14.0 Å². The van der Waals surface area contributed by atoms with Crippen LogP contribution in [-0.2, 0) is 11.3 Å². The summed E-state index contributed by atoms with van der Waals surface area (Å²) < 4.78 is 15.1. The molecule has 0 radical (unpaired) electrons. The van der Waals surface area contributed by atoms with Crippen LogP contribution in [-0.4, -0.2) is 27.1 Å². The van der Waals surface area contributed by atoms with E-state index < -0.39 is 11.7 Å². The summed E-state index contributed by atoms with van der Waals surface area (Å²) in [6, 6.07) is 13.0. The fourth-order valence-electron chi connectivity index (χ4n) is 2.73. The number of fused-ring (bicyclic) bond motifs is 1. The Morgan fingerprint density at radius 3 is 2.55 bits per heavy atom. The van der Waals surface area contributed by atoms with E-state index in [0.717, 1.165) is 29.2 Å². The summed E-state index contributed by atoms with van der Waals surface area (Å²) in [7, 11) is 0. The molecule has 1 heterocycles. The smallest absolute Gasteiger partial charge is 0.269 e. The molecular weight excluding hydrogens is 391 g/mol. The maximum absolute atomic E-state index is 12.9. The zero-order valence-corrected chi connectivity index (χ0v) is 17.1. The summed E-state index contributed by atoms with van der Waals surface area (Å²) >= 11 is 1.32. The Morgan fingerprint density at radius 1 is 1.10 bits per heavy atom. The van der Waals surface area contributed by atoms with E-state index in [0.29, 0.717) is 5.92 Å². The van der Waals surface area contributed by atoms with E-state index in [2.05, 4.69) is 34.3 Å².